The molecule has 0 fully saturated rings. The summed E-state index contributed by atoms with van der Waals surface area (Å²) in [4.78, 5) is 0. The molecule has 0 bridgehead atoms. The molecular weight excluding hydrogens is 120 g/mol. The van der Waals surface area contributed by atoms with Gasteiger partial charge in [-0.3, -0.25) is 0 Å². The van der Waals surface area contributed by atoms with E-state index >= 15 is 0 Å². The second kappa shape index (κ2) is 3.66. The van der Waals surface area contributed by atoms with Crippen molar-refractivity contribution in [1.82, 2.24) is 0 Å². The zero-order chi connectivity index (χ0) is 8.20. The maximum atomic E-state index is 5.22. The van der Waals surface area contributed by atoms with Gasteiger partial charge in [0, 0.05) is 6.42 Å². The zero-order valence-electron chi connectivity index (χ0n) is 7.28. The van der Waals surface area contributed by atoms with Gasteiger partial charge >= 0.3 is 0 Å². The summed E-state index contributed by atoms with van der Waals surface area (Å²) in [5.41, 5.74) is 0.274. The van der Waals surface area contributed by atoms with Crippen LogP contribution in [0.2, 0.25) is 0 Å². The molecule has 0 aromatic carbocycles. The topological polar surface area (TPSA) is 0 Å². The second-order valence-electron chi connectivity index (χ2n) is 3.85. The van der Waals surface area contributed by atoms with E-state index in [1.54, 1.807) is 0 Å². The van der Waals surface area contributed by atoms with Crippen LogP contribution < -0.4 is 0 Å². The molecule has 0 aliphatic carbocycles. The normalized spacial score (nSPS) is 11.6. The van der Waals surface area contributed by atoms with Crippen LogP contribution in [0.5, 0.6) is 0 Å². The molecule has 0 N–H and O–H groups in total. The number of hydrogen-bond donors (Lipinski definition) is 0. The third-order valence-electron chi connectivity index (χ3n) is 1.48. The Bertz CT molecular complexity index is 123. The molecule has 0 amide bonds. The molecule has 0 aromatic rings. The van der Waals surface area contributed by atoms with E-state index in [1.807, 2.05) is 0 Å². The molecule has 0 heterocycles. The summed E-state index contributed by atoms with van der Waals surface area (Å²) in [7, 11) is 0. The van der Waals surface area contributed by atoms with Crippen LogP contribution in [0.25, 0.3) is 0 Å². The maximum absolute atomic E-state index is 5.22. The molecule has 0 aliphatic heterocycles. The molecular formula is C10H17. The van der Waals surface area contributed by atoms with Gasteiger partial charge in [0.05, 0.1) is 0 Å². The van der Waals surface area contributed by atoms with Crippen LogP contribution in [0.15, 0.2) is 0 Å². The largest absolute Gasteiger partial charge is 0.120 e. The lowest BCUT2D eigenvalue weighted by Crippen LogP contribution is -2.13. The molecule has 0 rings (SSSR count). The van der Waals surface area contributed by atoms with E-state index in [-0.39, 0.29) is 5.41 Å². The summed E-state index contributed by atoms with van der Waals surface area (Å²) in [6.07, 6.45) is 7.18. The number of terminal acetylenes is 1. The number of rotatable bonds is 3. The summed E-state index contributed by atoms with van der Waals surface area (Å²) in [6.45, 7) is 10.4. The van der Waals surface area contributed by atoms with Gasteiger partial charge in [0.15, 0.2) is 0 Å². The molecule has 0 spiro atoms. The van der Waals surface area contributed by atoms with Crippen LogP contribution in [0.3, 0.4) is 0 Å². The van der Waals surface area contributed by atoms with Gasteiger partial charge < -0.3 is 0 Å². The van der Waals surface area contributed by atoms with E-state index in [2.05, 4.69) is 33.6 Å². The molecule has 0 saturated carbocycles. The fourth-order valence-electron chi connectivity index (χ4n) is 1.29. The van der Waals surface area contributed by atoms with Crippen LogP contribution in [0.1, 0.15) is 33.6 Å². The van der Waals surface area contributed by atoms with Crippen molar-refractivity contribution in [1.29, 1.82) is 0 Å². The van der Waals surface area contributed by atoms with E-state index in [9.17, 15) is 0 Å². The summed E-state index contributed by atoms with van der Waals surface area (Å²) >= 11 is 0. The van der Waals surface area contributed by atoms with Gasteiger partial charge in [-0.1, -0.05) is 27.7 Å². The molecule has 0 aromatic heterocycles. The standard InChI is InChI=1S/C10H17/c1-6-7-10(4,5)8-9(2)3/h1,9H,2,7-8H2,3-5H3. The predicted molar refractivity (Wildman–Crippen MR) is 46.4 cm³/mol. The number of hydrogen-bond acceptors (Lipinski definition) is 0. The third-order valence-corrected chi connectivity index (χ3v) is 1.48. The molecule has 0 nitrogen and oxygen atoms in total. The summed E-state index contributed by atoms with van der Waals surface area (Å²) in [5, 5.41) is 0. The lowest BCUT2D eigenvalue weighted by atomic mass is 9.81. The Hall–Kier alpha value is -0.440. The lowest BCUT2D eigenvalue weighted by Gasteiger charge is -2.23. The van der Waals surface area contributed by atoms with Crippen molar-refractivity contribution in [3.8, 4) is 12.3 Å². The molecule has 0 saturated heterocycles. The highest BCUT2D eigenvalue weighted by Crippen LogP contribution is 2.27. The van der Waals surface area contributed by atoms with Crippen molar-refractivity contribution in [3.05, 3.63) is 6.92 Å². The Morgan fingerprint density at radius 1 is 1.60 bits per heavy atom. The first kappa shape index (κ1) is 9.56. The van der Waals surface area contributed by atoms with Gasteiger partial charge in [-0.2, -0.15) is 0 Å². The summed E-state index contributed by atoms with van der Waals surface area (Å²) in [6, 6.07) is 0. The minimum absolute atomic E-state index is 0.274. The van der Waals surface area contributed by atoms with E-state index in [1.165, 1.54) is 0 Å². The third kappa shape index (κ3) is 4.44. The van der Waals surface area contributed by atoms with Crippen LogP contribution in [-0.2, 0) is 0 Å². The molecule has 0 heteroatoms. The molecule has 1 radical (unpaired) electrons. The first-order chi connectivity index (χ1) is 4.48. The van der Waals surface area contributed by atoms with E-state index in [0.717, 1.165) is 12.8 Å². The van der Waals surface area contributed by atoms with Crippen LogP contribution in [0.4, 0.5) is 0 Å². The van der Waals surface area contributed by atoms with E-state index in [4.69, 9.17) is 6.42 Å². The predicted octanol–water partition coefficient (Wildman–Crippen LogP) is 2.90. The smallest absolute Gasteiger partial charge is 0.0137 e. The van der Waals surface area contributed by atoms with Gasteiger partial charge in [-0.05, 0) is 17.8 Å². The summed E-state index contributed by atoms with van der Waals surface area (Å²) in [5.74, 6) is 3.19. The fraction of sp³-hybridized carbons (Fsp3) is 0.700. The van der Waals surface area contributed by atoms with E-state index in [0.29, 0.717) is 5.92 Å². The van der Waals surface area contributed by atoms with Crippen molar-refractivity contribution < 1.29 is 0 Å². The Balaban J connectivity index is 3.77. The first-order valence-electron chi connectivity index (χ1n) is 3.74. The molecule has 0 aliphatic rings. The minimum atomic E-state index is 0.274. The highest BCUT2D eigenvalue weighted by Gasteiger charge is 2.17. The SMILES string of the molecule is C#CCC(C)(C)CC([CH2])C. The van der Waals surface area contributed by atoms with Gasteiger partial charge in [0.25, 0.3) is 0 Å². The van der Waals surface area contributed by atoms with Gasteiger partial charge in [-0.25, -0.2) is 0 Å². The zero-order valence-corrected chi connectivity index (χ0v) is 7.28. The average Bonchev–Trinajstić information content (AvgIpc) is 1.59. The van der Waals surface area contributed by atoms with Crippen LogP contribution >= 0.6 is 0 Å². The van der Waals surface area contributed by atoms with Gasteiger partial charge in [-0.15, -0.1) is 12.3 Å². The highest BCUT2D eigenvalue weighted by atomic mass is 14.2. The fourth-order valence-corrected chi connectivity index (χ4v) is 1.29. The van der Waals surface area contributed by atoms with Gasteiger partial charge in [0.1, 0.15) is 0 Å². The molecule has 57 valence electrons. The van der Waals surface area contributed by atoms with Crippen molar-refractivity contribution in [2.24, 2.45) is 11.3 Å². The summed E-state index contributed by atoms with van der Waals surface area (Å²) < 4.78 is 0. The Morgan fingerprint density at radius 3 is 2.40 bits per heavy atom. The minimum Gasteiger partial charge on any atom is -0.120 e. The van der Waals surface area contributed by atoms with Crippen molar-refractivity contribution in [2.45, 2.75) is 33.6 Å². The second-order valence-corrected chi connectivity index (χ2v) is 3.85. The average molecular weight is 137 g/mol. The van der Waals surface area contributed by atoms with Crippen LogP contribution in [0, 0.1) is 30.6 Å². The monoisotopic (exact) mass is 137 g/mol. The van der Waals surface area contributed by atoms with Crippen LogP contribution in [-0.4, -0.2) is 0 Å². The Morgan fingerprint density at radius 2 is 2.10 bits per heavy atom. The Kier molecular flexibility index (Phi) is 3.50. The quantitative estimate of drug-likeness (QED) is 0.525. The van der Waals surface area contributed by atoms with Gasteiger partial charge in [0.2, 0.25) is 0 Å². The van der Waals surface area contributed by atoms with Crippen molar-refractivity contribution >= 4 is 0 Å². The highest BCUT2D eigenvalue weighted by molar-refractivity contribution is 4.91. The lowest BCUT2D eigenvalue weighted by molar-refractivity contribution is 0.308. The molecule has 1 atom stereocenters. The molecule has 10 heavy (non-hydrogen) atoms. The molecule has 1 unspecified atom stereocenters. The Labute approximate surface area is 65.0 Å². The van der Waals surface area contributed by atoms with Crippen molar-refractivity contribution in [3.63, 3.8) is 0 Å². The van der Waals surface area contributed by atoms with Crippen molar-refractivity contribution in [2.75, 3.05) is 0 Å². The maximum Gasteiger partial charge on any atom is 0.0137 e. The first-order valence-corrected chi connectivity index (χ1v) is 3.74. The van der Waals surface area contributed by atoms with E-state index < -0.39 is 0 Å².